The normalized spacial score (nSPS) is 27.5. The number of likely N-dealkylation sites (tertiary alicyclic amines) is 1. The van der Waals surface area contributed by atoms with Crippen molar-refractivity contribution >= 4 is 10.1 Å². The van der Waals surface area contributed by atoms with E-state index in [9.17, 15) is 8.42 Å². The van der Waals surface area contributed by atoms with Crippen LogP contribution in [0.1, 0.15) is 19.8 Å². The van der Waals surface area contributed by atoms with Gasteiger partial charge in [0, 0.05) is 6.54 Å². The van der Waals surface area contributed by atoms with Crippen molar-refractivity contribution in [2.24, 2.45) is 11.8 Å². The van der Waals surface area contributed by atoms with Crippen LogP contribution in [0.5, 0.6) is 0 Å². The van der Waals surface area contributed by atoms with Gasteiger partial charge < -0.3 is 4.90 Å². The molecule has 0 aromatic carbocycles. The van der Waals surface area contributed by atoms with Gasteiger partial charge >= 0.3 is 0 Å². The van der Waals surface area contributed by atoms with Crippen LogP contribution in [0.2, 0.25) is 0 Å². The van der Waals surface area contributed by atoms with Gasteiger partial charge in [-0.15, -0.1) is 0 Å². The molecule has 5 heteroatoms. The van der Waals surface area contributed by atoms with Gasteiger partial charge in [0.05, 0.1) is 5.75 Å². The van der Waals surface area contributed by atoms with Crippen LogP contribution in [0.4, 0.5) is 0 Å². The van der Waals surface area contributed by atoms with Crippen LogP contribution in [0.3, 0.4) is 0 Å². The average Bonchev–Trinajstić information content (AvgIpc) is 2.01. The summed E-state index contributed by atoms with van der Waals surface area (Å²) >= 11 is 0. The zero-order valence-corrected chi connectivity index (χ0v) is 9.63. The number of rotatable bonds is 3. The lowest BCUT2D eigenvalue weighted by molar-refractivity contribution is 0.173. The first kappa shape index (κ1) is 11.9. The molecule has 0 amide bonds. The lowest BCUT2D eigenvalue weighted by Crippen LogP contribution is -2.36. The van der Waals surface area contributed by atoms with Crippen LogP contribution in [0, 0.1) is 11.8 Å². The van der Waals surface area contributed by atoms with E-state index in [1.165, 1.54) is 0 Å². The minimum Gasteiger partial charge on any atom is -0.306 e. The first-order valence-electron chi connectivity index (χ1n) is 5.02. The van der Waals surface area contributed by atoms with Crippen LogP contribution in [0.15, 0.2) is 0 Å². The zero-order chi connectivity index (χ0) is 10.8. The summed E-state index contributed by atoms with van der Waals surface area (Å²) in [7, 11) is -1.76. The smallest absolute Gasteiger partial charge is 0.265 e. The maximum atomic E-state index is 10.7. The average molecular weight is 221 g/mol. The van der Waals surface area contributed by atoms with E-state index in [1.54, 1.807) is 0 Å². The SMILES string of the molecule is CC(CS(=O)(=O)O)C1CCCN(C)C1. The fourth-order valence-electron chi connectivity index (χ4n) is 2.14. The van der Waals surface area contributed by atoms with Crippen molar-refractivity contribution < 1.29 is 13.0 Å². The maximum Gasteiger partial charge on any atom is 0.265 e. The second-order valence-corrected chi connectivity index (χ2v) is 5.89. The van der Waals surface area contributed by atoms with Gasteiger partial charge in [-0.05, 0) is 38.3 Å². The molecule has 0 aliphatic carbocycles. The summed E-state index contributed by atoms with van der Waals surface area (Å²) in [6, 6.07) is 0. The standard InChI is InChI=1S/C9H19NO3S/c1-8(7-14(11,12)13)9-4-3-5-10(2)6-9/h8-9H,3-7H2,1-2H3,(H,11,12,13). The third-order valence-corrected chi connectivity index (χ3v) is 3.89. The van der Waals surface area contributed by atoms with E-state index in [0.29, 0.717) is 5.92 Å². The second kappa shape index (κ2) is 4.59. The van der Waals surface area contributed by atoms with Gasteiger partial charge in [-0.3, -0.25) is 4.55 Å². The van der Waals surface area contributed by atoms with Gasteiger partial charge in [0.15, 0.2) is 0 Å². The largest absolute Gasteiger partial charge is 0.306 e. The molecular weight excluding hydrogens is 202 g/mol. The molecule has 1 aliphatic rings. The molecule has 0 saturated carbocycles. The van der Waals surface area contributed by atoms with Gasteiger partial charge in [-0.1, -0.05) is 6.92 Å². The van der Waals surface area contributed by atoms with Crippen molar-refractivity contribution in [2.75, 3.05) is 25.9 Å². The van der Waals surface area contributed by atoms with Crippen LogP contribution in [-0.4, -0.2) is 43.8 Å². The van der Waals surface area contributed by atoms with Gasteiger partial charge in [0.2, 0.25) is 0 Å². The summed E-state index contributed by atoms with van der Waals surface area (Å²) in [6.45, 7) is 3.93. The third kappa shape index (κ3) is 3.94. The summed E-state index contributed by atoms with van der Waals surface area (Å²) in [5.41, 5.74) is 0. The first-order valence-corrected chi connectivity index (χ1v) is 6.63. The topological polar surface area (TPSA) is 57.6 Å². The molecule has 1 aliphatic heterocycles. The highest BCUT2D eigenvalue weighted by molar-refractivity contribution is 7.85. The number of hydrogen-bond donors (Lipinski definition) is 1. The second-order valence-electron chi connectivity index (χ2n) is 4.39. The van der Waals surface area contributed by atoms with Gasteiger partial charge in [0.1, 0.15) is 0 Å². The Labute approximate surface area is 86.0 Å². The van der Waals surface area contributed by atoms with Crippen molar-refractivity contribution in [3.63, 3.8) is 0 Å². The molecular formula is C9H19NO3S. The van der Waals surface area contributed by atoms with Crippen LogP contribution < -0.4 is 0 Å². The van der Waals surface area contributed by atoms with E-state index in [0.717, 1.165) is 25.9 Å². The van der Waals surface area contributed by atoms with Crippen LogP contribution in [-0.2, 0) is 10.1 Å². The fourth-order valence-corrected chi connectivity index (χ4v) is 3.08. The quantitative estimate of drug-likeness (QED) is 0.718. The number of piperidine rings is 1. The number of hydrogen-bond acceptors (Lipinski definition) is 3. The molecule has 1 fully saturated rings. The first-order chi connectivity index (χ1) is 6.38. The van der Waals surface area contributed by atoms with Crippen molar-refractivity contribution in [3.05, 3.63) is 0 Å². The Morgan fingerprint density at radius 3 is 2.71 bits per heavy atom. The van der Waals surface area contributed by atoms with Gasteiger partial charge in [-0.2, -0.15) is 8.42 Å². The minimum absolute atomic E-state index is 0.0488. The minimum atomic E-state index is -3.81. The molecule has 2 unspecified atom stereocenters. The maximum absolute atomic E-state index is 10.7. The Hall–Kier alpha value is -0.130. The molecule has 1 rings (SSSR count). The Kier molecular flexibility index (Phi) is 3.92. The van der Waals surface area contributed by atoms with Gasteiger partial charge in [0.25, 0.3) is 10.1 Å². The monoisotopic (exact) mass is 221 g/mol. The predicted octanol–water partition coefficient (Wildman–Crippen LogP) is 0.852. The predicted molar refractivity (Wildman–Crippen MR) is 55.8 cm³/mol. The van der Waals surface area contributed by atoms with Gasteiger partial charge in [-0.25, -0.2) is 0 Å². The summed E-state index contributed by atoms with van der Waals surface area (Å²) in [6.07, 6.45) is 2.19. The Morgan fingerprint density at radius 2 is 2.21 bits per heavy atom. The Bertz CT molecular complexity index is 276. The molecule has 4 nitrogen and oxygen atoms in total. The molecule has 0 aromatic rings. The lowest BCUT2D eigenvalue weighted by atomic mass is 9.88. The highest BCUT2D eigenvalue weighted by Gasteiger charge is 2.25. The molecule has 84 valence electrons. The molecule has 1 heterocycles. The lowest BCUT2D eigenvalue weighted by Gasteiger charge is -2.33. The Morgan fingerprint density at radius 1 is 1.57 bits per heavy atom. The molecule has 0 radical (unpaired) electrons. The molecule has 0 aromatic heterocycles. The van der Waals surface area contributed by atoms with Crippen molar-refractivity contribution in [2.45, 2.75) is 19.8 Å². The highest BCUT2D eigenvalue weighted by atomic mass is 32.2. The summed E-state index contributed by atoms with van der Waals surface area (Å²) in [4.78, 5) is 2.22. The van der Waals surface area contributed by atoms with E-state index in [4.69, 9.17) is 4.55 Å². The van der Waals surface area contributed by atoms with Crippen molar-refractivity contribution in [1.29, 1.82) is 0 Å². The van der Waals surface area contributed by atoms with E-state index >= 15 is 0 Å². The molecule has 1 N–H and O–H groups in total. The zero-order valence-electron chi connectivity index (χ0n) is 8.81. The molecule has 0 spiro atoms. The van der Waals surface area contributed by atoms with E-state index in [-0.39, 0.29) is 11.7 Å². The third-order valence-electron chi connectivity index (χ3n) is 2.94. The Balaban J connectivity index is 2.47. The fraction of sp³-hybridized carbons (Fsp3) is 1.00. The molecule has 0 bridgehead atoms. The van der Waals surface area contributed by atoms with Crippen molar-refractivity contribution in [3.8, 4) is 0 Å². The molecule has 14 heavy (non-hydrogen) atoms. The summed E-state index contributed by atoms with van der Waals surface area (Å²) < 4.78 is 30.2. The van der Waals surface area contributed by atoms with E-state index in [2.05, 4.69) is 4.90 Å². The van der Waals surface area contributed by atoms with Crippen molar-refractivity contribution in [1.82, 2.24) is 4.90 Å². The highest BCUT2D eigenvalue weighted by Crippen LogP contribution is 2.23. The van der Waals surface area contributed by atoms with E-state index < -0.39 is 10.1 Å². The van der Waals surface area contributed by atoms with Crippen LogP contribution >= 0.6 is 0 Å². The summed E-state index contributed by atoms with van der Waals surface area (Å²) in [5, 5.41) is 0. The summed E-state index contributed by atoms with van der Waals surface area (Å²) in [5.74, 6) is 0.342. The number of nitrogens with zero attached hydrogens (tertiary/aromatic N) is 1. The molecule has 2 atom stereocenters. The molecule has 1 saturated heterocycles. The van der Waals surface area contributed by atoms with E-state index in [1.807, 2.05) is 14.0 Å². The van der Waals surface area contributed by atoms with Crippen LogP contribution in [0.25, 0.3) is 0 Å².